The van der Waals surface area contributed by atoms with Gasteiger partial charge in [-0.05, 0) is 12.8 Å². The molecule has 1 aromatic rings. The molecule has 0 aliphatic rings. The van der Waals surface area contributed by atoms with E-state index in [0.29, 0.717) is 16.5 Å². The maximum absolute atomic E-state index is 9.79. The van der Waals surface area contributed by atoms with Crippen LogP contribution in [0.25, 0.3) is 0 Å². The van der Waals surface area contributed by atoms with Crippen LogP contribution < -0.4 is 5.43 Å². The van der Waals surface area contributed by atoms with Crippen LogP contribution in [0.5, 0.6) is 0 Å². The number of aliphatic hydroxyl groups excluding tert-OH is 2. The van der Waals surface area contributed by atoms with Crippen molar-refractivity contribution in [3.05, 3.63) is 10.7 Å². The first-order valence-electron chi connectivity index (χ1n) is 6.17. The molecule has 0 aliphatic heterocycles. The van der Waals surface area contributed by atoms with Crippen molar-refractivity contribution in [2.24, 2.45) is 11.0 Å². The van der Waals surface area contributed by atoms with Crippen molar-refractivity contribution < 1.29 is 10.2 Å². The molecule has 0 saturated carbocycles. The van der Waals surface area contributed by atoms with Gasteiger partial charge in [-0.15, -0.1) is 0 Å². The number of hydrazone groups is 1. The number of aliphatic hydroxyl groups is 2. The highest BCUT2D eigenvalue weighted by Gasteiger charge is 2.40. The molecule has 1 unspecified atom stereocenters. The smallest absolute Gasteiger partial charge is 0.164 e. The monoisotopic (exact) mass is 288 g/mol. The highest BCUT2D eigenvalue weighted by Crippen LogP contribution is 2.35. The van der Waals surface area contributed by atoms with E-state index in [0.717, 1.165) is 6.42 Å². The molecule has 0 fully saturated rings. The van der Waals surface area contributed by atoms with E-state index >= 15 is 0 Å². The Morgan fingerprint density at radius 3 is 2.53 bits per heavy atom. The van der Waals surface area contributed by atoms with Gasteiger partial charge in [0.15, 0.2) is 5.82 Å². The fourth-order valence-corrected chi connectivity index (χ4v) is 2.25. The highest BCUT2D eigenvalue weighted by atomic mass is 35.5. The van der Waals surface area contributed by atoms with Gasteiger partial charge in [-0.2, -0.15) is 10.2 Å². The average molecular weight is 289 g/mol. The summed E-state index contributed by atoms with van der Waals surface area (Å²) in [5.41, 5.74) is 2.35. The molecule has 1 rings (SSSR count). The Kier molecular flexibility index (Phi) is 5.34. The Hall–Kier alpha value is -1.11. The van der Waals surface area contributed by atoms with Crippen LogP contribution in [0.15, 0.2) is 5.10 Å². The molecule has 0 saturated heterocycles. The van der Waals surface area contributed by atoms with Crippen molar-refractivity contribution in [3.8, 4) is 0 Å². The van der Waals surface area contributed by atoms with Crippen LogP contribution in [0.2, 0.25) is 5.02 Å². The summed E-state index contributed by atoms with van der Waals surface area (Å²) in [6.07, 6.45) is 0.776. The standard InChI is InChI=1S/C12H21ClN4O2/c1-5-8(2)12(6-18,7-19)17-11(15-14-4)10(13)9(3)16-17/h8,15,18-19H,4-7H2,1-3H3. The van der Waals surface area contributed by atoms with Gasteiger partial charge in [0.1, 0.15) is 10.6 Å². The van der Waals surface area contributed by atoms with E-state index in [1.807, 2.05) is 13.8 Å². The van der Waals surface area contributed by atoms with Gasteiger partial charge in [-0.25, -0.2) is 4.68 Å². The third-order valence-electron chi connectivity index (χ3n) is 3.67. The Bertz CT molecular complexity index is 443. The van der Waals surface area contributed by atoms with Crippen LogP contribution in [0, 0.1) is 12.8 Å². The lowest BCUT2D eigenvalue weighted by atomic mass is 9.84. The van der Waals surface area contributed by atoms with E-state index in [9.17, 15) is 10.2 Å². The van der Waals surface area contributed by atoms with Crippen molar-refractivity contribution in [1.29, 1.82) is 0 Å². The molecule has 6 nitrogen and oxygen atoms in total. The zero-order valence-electron chi connectivity index (χ0n) is 11.5. The SMILES string of the molecule is C=NNc1c(Cl)c(C)nn1C(CO)(CO)C(C)CC. The van der Waals surface area contributed by atoms with E-state index in [-0.39, 0.29) is 19.1 Å². The largest absolute Gasteiger partial charge is 0.394 e. The van der Waals surface area contributed by atoms with Gasteiger partial charge in [0.05, 0.1) is 18.9 Å². The van der Waals surface area contributed by atoms with E-state index in [2.05, 4.69) is 22.3 Å². The number of nitrogens with one attached hydrogen (secondary N) is 1. The number of aryl methyl sites for hydroxylation is 1. The van der Waals surface area contributed by atoms with Crippen LogP contribution in [0.4, 0.5) is 5.82 Å². The van der Waals surface area contributed by atoms with Gasteiger partial charge in [0, 0.05) is 6.72 Å². The van der Waals surface area contributed by atoms with E-state index in [1.54, 1.807) is 6.92 Å². The summed E-state index contributed by atoms with van der Waals surface area (Å²) in [5, 5.41) is 27.9. The fraction of sp³-hybridized carbons (Fsp3) is 0.667. The van der Waals surface area contributed by atoms with Crippen molar-refractivity contribution in [2.75, 3.05) is 18.6 Å². The predicted octanol–water partition coefficient (Wildman–Crippen LogP) is 1.60. The van der Waals surface area contributed by atoms with E-state index in [4.69, 9.17) is 11.6 Å². The Labute approximate surface area is 118 Å². The molecule has 1 heterocycles. The van der Waals surface area contributed by atoms with Crippen LogP contribution in [-0.2, 0) is 5.54 Å². The van der Waals surface area contributed by atoms with Crippen molar-refractivity contribution >= 4 is 24.1 Å². The summed E-state index contributed by atoms with van der Waals surface area (Å²) in [5.74, 6) is 0.431. The first kappa shape index (κ1) is 15.9. The Morgan fingerprint density at radius 1 is 1.53 bits per heavy atom. The minimum absolute atomic E-state index is 0.00299. The molecule has 0 radical (unpaired) electrons. The highest BCUT2D eigenvalue weighted by molar-refractivity contribution is 6.33. The molecular formula is C12H21ClN4O2. The maximum Gasteiger partial charge on any atom is 0.164 e. The number of halogens is 1. The van der Waals surface area contributed by atoms with Crippen molar-refractivity contribution in [3.63, 3.8) is 0 Å². The van der Waals surface area contributed by atoms with Crippen LogP contribution in [-0.4, -0.2) is 39.9 Å². The van der Waals surface area contributed by atoms with Crippen LogP contribution in [0.1, 0.15) is 26.0 Å². The molecule has 0 aliphatic carbocycles. The minimum atomic E-state index is -0.931. The van der Waals surface area contributed by atoms with Crippen LogP contribution in [0.3, 0.4) is 0 Å². The zero-order chi connectivity index (χ0) is 14.6. The summed E-state index contributed by atoms with van der Waals surface area (Å²) in [6, 6.07) is 0. The normalized spacial score (nSPS) is 13.4. The molecular weight excluding hydrogens is 268 g/mol. The lowest BCUT2D eigenvalue weighted by Gasteiger charge is -2.36. The van der Waals surface area contributed by atoms with E-state index in [1.165, 1.54) is 4.68 Å². The molecule has 1 atom stereocenters. The van der Waals surface area contributed by atoms with E-state index < -0.39 is 5.54 Å². The molecule has 7 heteroatoms. The third kappa shape index (κ3) is 2.61. The van der Waals surface area contributed by atoms with Crippen molar-refractivity contribution in [1.82, 2.24) is 9.78 Å². The number of hydrogen-bond donors (Lipinski definition) is 3. The molecule has 108 valence electrons. The van der Waals surface area contributed by atoms with Gasteiger partial charge in [0.2, 0.25) is 0 Å². The van der Waals surface area contributed by atoms with Gasteiger partial charge in [0.25, 0.3) is 0 Å². The first-order chi connectivity index (χ1) is 8.98. The summed E-state index contributed by atoms with van der Waals surface area (Å²) >= 11 is 6.16. The second-order valence-electron chi connectivity index (χ2n) is 4.66. The summed E-state index contributed by atoms with van der Waals surface area (Å²) < 4.78 is 1.52. The van der Waals surface area contributed by atoms with Gasteiger partial charge in [-0.3, -0.25) is 5.43 Å². The lowest BCUT2D eigenvalue weighted by molar-refractivity contribution is 0.0109. The first-order valence-corrected chi connectivity index (χ1v) is 6.55. The molecule has 0 aromatic carbocycles. The number of nitrogens with zero attached hydrogens (tertiary/aromatic N) is 3. The summed E-state index contributed by atoms with van der Waals surface area (Å²) in [4.78, 5) is 0. The molecule has 19 heavy (non-hydrogen) atoms. The van der Waals surface area contributed by atoms with Crippen molar-refractivity contribution in [2.45, 2.75) is 32.7 Å². The van der Waals surface area contributed by atoms with Gasteiger partial charge >= 0.3 is 0 Å². The topological polar surface area (TPSA) is 82.7 Å². The third-order valence-corrected chi connectivity index (χ3v) is 4.12. The minimum Gasteiger partial charge on any atom is -0.394 e. The maximum atomic E-state index is 9.79. The Morgan fingerprint density at radius 2 is 2.11 bits per heavy atom. The number of hydrogen-bond acceptors (Lipinski definition) is 5. The molecule has 3 N–H and O–H groups in total. The lowest BCUT2D eigenvalue weighted by Crippen LogP contribution is -2.48. The average Bonchev–Trinajstić information content (AvgIpc) is 2.70. The van der Waals surface area contributed by atoms with Crippen LogP contribution >= 0.6 is 11.6 Å². The molecule has 1 aromatic heterocycles. The number of aromatic nitrogens is 2. The number of anilines is 1. The van der Waals surface area contributed by atoms with Gasteiger partial charge in [-0.1, -0.05) is 31.9 Å². The quantitative estimate of drug-likeness (QED) is 0.526. The fourth-order valence-electron chi connectivity index (χ4n) is 2.09. The predicted molar refractivity (Wildman–Crippen MR) is 76.7 cm³/mol. The summed E-state index contributed by atoms with van der Waals surface area (Å²) in [7, 11) is 0. The number of rotatable bonds is 7. The summed E-state index contributed by atoms with van der Waals surface area (Å²) in [6.45, 7) is 8.55. The zero-order valence-corrected chi connectivity index (χ0v) is 12.3. The second-order valence-corrected chi connectivity index (χ2v) is 5.04. The molecule has 0 amide bonds. The van der Waals surface area contributed by atoms with Gasteiger partial charge < -0.3 is 10.2 Å². The second kappa shape index (κ2) is 6.36. The molecule has 0 spiro atoms. The Balaban J connectivity index is 3.46. The molecule has 0 bridgehead atoms.